The van der Waals surface area contributed by atoms with Crippen LogP contribution in [0.25, 0.3) is 0 Å². The van der Waals surface area contributed by atoms with Crippen molar-refractivity contribution in [3.8, 4) is 0 Å². The fourth-order valence-corrected chi connectivity index (χ4v) is 2.50. The quantitative estimate of drug-likeness (QED) is 0.915. The molecule has 4 nitrogen and oxygen atoms in total. The van der Waals surface area contributed by atoms with Gasteiger partial charge in [-0.25, -0.2) is 4.98 Å². The molecule has 2 aromatic rings. The summed E-state index contributed by atoms with van der Waals surface area (Å²) in [7, 11) is 0. The van der Waals surface area contributed by atoms with Crippen molar-refractivity contribution in [1.82, 2.24) is 15.2 Å². The van der Waals surface area contributed by atoms with Crippen LogP contribution in [0.5, 0.6) is 0 Å². The summed E-state index contributed by atoms with van der Waals surface area (Å²) >= 11 is 3.21. The van der Waals surface area contributed by atoms with Gasteiger partial charge < -0.3 is 5.32 Å². The average Bonchev–Trinajstić information content (AvgIpc) is 2.85. The van der Waals surface area contributed by atoms with Gasteiger partial charge in [0.2, 0.25) is 5.13 Å². The molecule has 2 heterocycles. The maximum atomic E-state index is 4.59. The summed E-state index contributed by atoms with van der Waals surface area (Å²) in [4.78, 5) is 4.59. The van der Waals surface area contributed by atoms with Crippen LogP contribution in [0.2, 0.25) is 0 Å². The molecule has 0 radical (unpaired) electrons. The van der Waals surface area contributed by atoms with Gasteiger partial charge in [-0.1, -0.05) is 32.1 Å². The molecule has 0 aliphatic heterocycles. The SMILES string of the molecule is CC(C)(C)c1nc(CNc2nncs2)cs1. The van der Waals surface area contributed by atoms with Crippen LogP contribution < -0.4 is 5.32 Å². The van der Waals surface area contributed by atoms with Crippen LogP contribution in [-0.2, 0) is 12.0 Å². The molecule has 0 amide bonds. The van der Waals surface area contributed by atoms with E-state index in [1.807, 2.05) is 0 Å². The monoisotopic (exact) mass is 254 g/mol. The molecule has 0 aromatic carbocycles. The molecule has 16 heavy (non-hydrogen) atoms. The van der Waals surface area contributed by atoms with Gasteiger partial charge in [0.15, 0.2) is 0 Å². The zero-order chi connectivity index (χ0) is 11.6. The van der Waals surface area contributed by atoms with Crippen molar-refractivity contribution in [2.24, 2.45) is 0 Å². The zero-order valence-corrected chi connectivity index (χ0v) is 11.2. The van der Waals surface area contributed by atoms with E-state index in [1.165, 1.54) is 16.3 Å². The Balaban J connectivity index is 1.98. The van der Waals surface area contributed by atoms with E-state index in [2.05, 4.69) is 46.6 Å². The second-order valence-corrected chi connectivity index (χ2v) is 6.18. The molecule has 0 unspecified atom stereocenters. The van der Waals surface area contributed by atoms with Gasteiger partial charge in [-0.15, -0.1) is 21.5 Å². The first-order chi connectivity index (χ1) is 7.55. The summed E-state index contributed by atoms with van der Waals surface area (Å²) in [6.07, 6.45) is 0. The Bertz CT molecular complexity index is 442. The number of rotatable bonds is 3. The van der Waals surface area contributed by atoms with E-state index in [9.17, 15) is 0 Å². The molecule has 0 atom stereocenters. The number of nitrogens with zero attached hydrogens (tertiary/aromatic N) is 3. The number of nitrogens with one attached hydrogen (secondary N) is 1. The van der Waals surface area contributed by atoms with Crippen LogP contribution in [0, 0.1) is 0 Å². The molecule has 0 fully saturated rings. The van der Waals surface area contributed by atoms with Gasteiger partial charge in [0.25, 0.3) is 0 Å². The minimum absolute atomic E-state index is 0.131. The summed E-state index contributed by atoms with van der Waals surface area (Å²) in [5.41, 5.74) is 2.90. The van der Waals surface area contributed by atoms with Crippen molar-refractivity contribution in [2.45, 2.75) is 32.7 Å². The summed E-state index contributed by atoms with van der Waals surface area (Å²) < 4.78 is 0. The Kier molecular flexibility index (Phi) is 3.20. The largest absolute Gasteiger partial charge is 0.354 e. The number of aromatic nitrogens is 3. The van der Waals surface area contributed by atoms with Gasteiger partial charge in [0.1, 0.15) is 5.51 Å². The van der Waals surface area contributed by atoms with Crippen molar-refractivity contribution in [3.63, 3.8) is 0 Å². The predicted molar refractivity (Wildman–Crippen MR) is 68.0 cm³/mol. The fraction of sp³-hybridized carbons (Fsp3) is 0.500. The first-order valence-corrected chi connectivity index (χ1v) is 6.76. The highest BCUT2D eigenvalue weighted by Crippen LogP contribution is 2.25. The van der Waals surface area contributed by atoms with Gasteiger partial charge in [-0.05, 0) is 0 Å². The minimum atomic E-state index is 0.131. The van der Waals surface area contributed by atoms with E-state index in [4.69, 9.17) is 0 Å². The highest BCUT2D eigenvalue weighted by molar-refractivity contribution is 7.13. The Hall–Kier alpha value is -1.01. The van der Waals surface area contributed by atoms with E-state index in [1.54, 1.807) is 16.8 Å². The lowest BCUT2D eigenvalue weighted by molar-refractivity contribution is 0.583. The average molecular weight is 254 g/mol. The van der Waals surface area contributed by atoms with Crippen LogP contribution in [0.4, 0.5) is 5.13 Å². The second kappa shape index (κ2) is 4.47. The lowest BCUT2D eigenvalue weighted by Crippen LogP contribution is -2.11. The van der Waals surface area contributed by atoms with Gasteiger partial charge in [0.05, 0.1) is 17.2 Å². The molecule has 0 bridgehead atoms. The topological polar surface area (TPSA) is 50.7 Å². The van der Waals surface area contributed by atoms with Gasteiger partial charge >= 0.3 is 0 Å². The molecule has 0 spiro atoms. The molecule has 0 saturated carbocycles. The molecular formula is C10H14N4S2. The lowest BCUT2D eigenvalue weighted by Gasteiger charge is -2.13. The number of hydrogen-bond donors (Lipinski definition) is 1. The van der Waals surface area contributed by atoms with Crippen molar-refractivity contribution >= 4 is 27.8 Å². The zero-order valence-electron chi connectivity index (χ0n) is 9.52. The van der Waals surface area contributed by atoms with E-state index in [0.717, 1.165) is 10.8 Å². The fourth-order valence-electron chi connectivity index (χ4n) is 1.15. The van der Waals surface area contributed by atoms with Gasteiger partial charge in [-0.3, -0.25) is 0 Å². The third-order valence-corrected chi connectivity index (χ3v) is 3.94. The highest BCUT2D eigenvalue weighted by Gasteiger charge is 2.17. The Morgan fingerprint density at radius 2 is 2.12 bits per heavy atom. The van der Waals surface area contributed by atoms with Crippen molar-refractivity contribution in [1.29, 1.82) is 0 Å². The van der Waals surface area contributed by atoms with Crippen LogP contribution in [0.3, 0.4) is 0 Å². The normalized spacial score (nSPS) is 11.7. The maximum absolute atomic E-state index is 4.59. The molecule has 2 rings (SSSR count). The smallest absolute Gasteiger partial charge is 0.205 e. The molecular weight excluding hydrogens is 240 g/mol. The van der Waals surface area contributed by atoms with Crippen molar-refractivity contribution in [2.75, 3.05) is 5.32 Å². The summed E-state index contributed by atoms with van der Waals surface area (Å²) in [5.74, 6) is 0. The number of thiazole rings is 1. The second-order valence-electron chi connectivity index (χ2n) is 4.49. The summed E-state index contributed by atoms with van der Waals surface area (Å²) in [5, 5.41) is 15.0. The Morgan fingerprint density at radius 3 is 2.69 bits per heavy atom. The van der Waals surface area contributed by atoms with E-state index in [-0.39, 0.29) is 5.41 Å². The molecule has 0 aliphatic carbocycles. The van der Waals surface area contributed by atoms with Crippen LogP contribution in [-0.4, -0.2) is 15.2 Å². The van der Waals surface area contributed by atoms with Crippen LogP contribution in [0.1, 0.15) is 31.5 Å². The van der Waals surface area contributed by atoms with Gasteiger partial charge in [-0.2, -0.15) is 0 Å². The van der Waals surface area contributed by atoms with Crippen molar-refractivity contribution in [3.05, 3.63) is 21.6 Å². The molecule has 6 heteroatoms. The maximum Gasteiger partial charge on any atom is 0.205 e. The van der Waals surface area contributed by atoms with E-state index in [0.29, 0.717) is 6.54 Å². The van der Waals surface area contributed by atoms with E-state index >= 15 is 0 Å². The molecule has 86 valence electrons. The molecule has 2 aromatic heterocycles. The highest BCUT2D eigenvalue weighted by atomic mass is 32.1. The van der Waals surface area contributed by atoms with Crippen molar-refractivity contribution < 1.29 is 0 Å². The minimum Gasteiger partial charge on any atom is -0.354 e. The summed E-state index contributed by atoms with van der Waals surface area (Å²) in [6, 6.07) is 0. The first kappa shape index (κ1) is 11.5. The van der Waals surface area contributed by atoms with Crippen LogP contribution in [0.15, 0.2) is 10.9 Å². The van der Waals surface area contributed by atoms with Crippen LogP contribution >= 0.6 is 22.7 Å². The Labute approximate surface area is 103 Å². The first-order valence-electron chi connectivity index (χ1n) is 5.00. The standard InChI is InChI=1S/C10H14N4S2/c1-10(2,3)8-13-7(5-15-8)4-11-9-14-12-6-16-9/h5-6H,4H2,1-3H3,(H,11,14). The number of anilines is 1. The lowest BCUT2D eigenvalue weighted by atomic mass is 9.98. The molecule has 0 saturated heterocycles. The molecule has 0 aliphatic rings. The third-order valence-electron chi connectivity index (χ3n) is 1.97. The molecule has 1 N–H and O–H groups in total. The van der Waals surface area contributed by atoms with Gasteiger partial charge in [0, 0.05) is 10.8 Å². The predicted octanol–water partition coefficient (Wildman–Crippen LogP) is 2.90. The van der Waals surface area contributed by atoms with E-state index < -0.39 is 0 Å². The third kappa shape index (κ3) is 2.76. The Morgan fingerprint density at radius 1 is 1.31 bits per heavy atom. The number of hydrogen-bond acceptors (Lipinski definition) is 6. The summed E-state index contributed by atoms with van der Waals surface area (Å²) in [6.45, 7) is 7.23.